The van der Waals surface area contributed by atoms with Crippen molar-refractivity contribution in [3.05, 3.63) is 63.2 Å². The van der Waals surface area contributed by atoms with E-state index in [1.54, 1.807) is 0 Å². The predicted octanol–water partition coefficient (Wildman–Crippen LogP) is 4.53. The number of thioether (sulfide) groups is 1. The number of carbonyl (C=O) groups excluding carboxylic acids is 1. The molecule has 0 radical (unpaired) electrons. The van der Waals surface area contributed by atoms with Gasteiger partial charge in [0.25, 0.3) is 0 Å². The van der Waals surface area contributed by atoms with Crippen LogP contribution in [0.3, 0.4) is 0 Å². The van der Waals surface area contributed by atoms with Crippen LogP contribution in [0.2, 0.25) is 0 Å². The summed E-state index contributed by atoms with van der Waals surface area (Å²) in [5, 5.41) is 0.0962. The first-order chi connectivity index (χ1) is 8.16. The van der Waals surface area contributed by atoms with Crippen molar-refractivity contribution in [3.63, 3.8) is 0 Å². The monoisotopic (exact) mass is 354 g/mol. The molecule has 0 heterocycles. The first-order valence-electron chi connectivity index (χ1n) is 5.20. The van der Waals surface area contributed by atoms with Crippen molar-refractivity contribution in [2.75, 3.05) is 0 Å². The molecule has 0 N–H and O–H groups in total. The number of hydrogen-bond donors (Lipinski definition) is 0. The van der Waals surface area contributed by atoms with Crippen LogP contribution in [0, 0.1) is 10.5 Å². The van der Waals surface area contributed by atoms with Gasteiger partial charge in [-0.15, -0.1) is 0 Å². The summed E-state index contributed by atoms with van der Waals surface area (Å²) in [6.07, 6.45) is 0. The van der Waals surface area contributed by atoms with Gasteiger partial charge >= 0.3 is 0 Å². The Balaban J connectivity index is 2.17. The minimum absolute atomic E-state index is 0.0962. The summed E-state index contributed by atoms with van der Waals surface area (Å²) in [4.78, 5) is 13.1. The van der Waals surface area contributed by atoms with E-state index in [0.717, 1.165) is 14.0 Å². The summed E-state index contributed by atoms with van der Waals surface area (Å²) in [7, 11) is 0. The summed E-state index contributed by atoms with van der Waals surface area (Å²) in [6.45, 7) is 2.04. The summed E-state index contributed by atoms with van der Waals surface area (Å²) < 4.78 is 0.995. The van der Waals surface area contributed by atoms with E-state index >= 15 is 0 Å². The van der Waals surface area contributed by atoms with Crippen molar-refractivity contribution in [2.45, 2.75) is 11.8 Å². The van der Waals surface area contributed by atoms with E-state index in [2.05, 4.69) is 22.6 Å². The highest BCUT2D eigenvalue weighted by molar-refractivity contribution is 14.1. The van der Waals surface area contributed by atoms with Gasteiger partial charge in [0, 0.05) is 14.0 Å². The molecule has 0 fully saturated rings. The second-order valence-electron chi connectivity index (χ2n) is 3.68. The van der Waals surface area contributed by atoms with Crippen LogP contribution in [0.1, 0.15) is 15.9 Å². The maximum atomic E-state index is 12.1. The van der Waals surface area contributed by atoms with Crippen molar-refractivity contribution in [1.29, 1.82) is 0 Å². The zero-order valence-corrected chi connectivity index (χ0v) is 12.3. The average Bonchev–Trinajstić information content (AvgIpc) is 2.32. The van der Waals surface area contributed by atoms with Gasteiger partial charge in [-0.1, -0.05) is 29.8 Å². The lowest BCUT2D eigenvalue weighted by molar-refractivity contribution is 0.108. The highest BCUT2D eigenvalue weighted by Crippen LogP contribution is 2.25. The summed E-state index contributed by atoms with van der Waals surface area (Å²) in [5.74, 6) is 0. The summed E-state index contributed by atoms with van der Waals surface area (Å²) in [6, 6.07) is 15.6. The fraction of sp³-hybridized carbons (Fsp3) is 0.0714. The number of carbonyl (C=O) groups is 1. The van der Waals surface area contributed by atoms with Crippen LogP contribution in [0.5, 0.6) is 0 Å². The molecule has 0 spiro atoms. The Kier molecular flexibility index (Phi) is 4.23. The van der Waals surface area contributed by atoms with E-state index in [9.17, 15) is 4.79 Å². The SMILES string of the molecule is Cc1ccc(SC(=O)c2ccccc2I)cc1. The molecule has 2 rings (SSSR count). The standard InChI is InChI=1S/C14H11IOS/c1-10-6-8-11(9-7-10)17-14(16)12-4-2-3-5-13(12)15/h2-9H,1H3. The van der Waals surface area contributed by atoms with Crippen LogP contribution in [0.4, 0.5) is 0 Å². The molecule has 0 saturated heterocycles. The molecule has 3 heteroatoms. The third kappa shape index (κ3) is 3.33. The second-order valence-corrected chi connectivity index (χ2v) is 5.89. The molecule has 17 heavy (non-hydrogen) atoms. The van der Waals surface area contributed by atoms with Crippen LogP contribution in [-0.4, -0.2) is 5.12 Å². The molecule has 86 valence electrons. The quantitative estimate of drug-likeness (QED) is 0.582. The number of hydrogen-bond acceptors (Lipinski definition) is 2. The van der Waals surface area contributed by atoms with Crippen LogP contribution in [-0.2, 0) is 0 Å². The molecule has 2 aromatic rings. The van der Waals surface area contributed by atoms with Crippen LogP contribution in [0.15, 0.2) is 53.4 Å². The van der Waals surface area contributed by atoms with Gasteiger partial charge in [0.2, 0.25) is 5.12 Å². The predicted molar refractivity (Wildman–Crippen MR) is 80.5 cm³/mol. The molecule has 1 nitrogen and oxygen atoms in total. The van der Waals surface area contributed by atoms with Crippen LogP contribution >= 0.6 is 34.4 Å². The lowest BCUT2D eigenvalue weighted by atomic mass is 10.2. The Morgan fingerprint density at radius 3 is 2.35 bits per heavy atom. The van der Waals surface area contributed by atoms with Crippen molar-refractivity contribution < 1.29 is 4.79 Å². The molecular weight excluding hydrogens is 343 g/mol. The Morgan fingerprint density at radius 1 is 1.06 bits per heavy atom. The van der Waals surface area contributed by atoms with Crippen molar-refractivity contribution in [2.24, 2.45) is 0 Å². The third-order valence-electron chi connectivity index (χ3n) is 2.33. The largest absolute Gasteiger partial charge is 0.281 e. The lowest BCUT2D eigenvalue weighted by Gasteiger charge is -2.03. The van der Waals surface area contributed by atoms with Gasteiger partial charge in [-0.05, 0) is 65.5 Å². The van der Waals surface area contributed by atoms with Gasteiger partial charge < -0.3 is 0 Å². The van der Waals surface area contributed by atoms with E-state index in [1.165, 1.54) is 17.3 Å². The third-order valence-corrected chi connectivity index (χ3v) is 4.18. The highest BCUT2D eigenvalue weighted by Gasteiger charge is 2.10. The normalized spacial score (nSPS) is 10.2. The van der Waals surface area contributed by atoms with E-state index in [1.807, 2.05) is 55.5 Å². The van der Waals surface area contributed by atoms with Gasteiger partial charge in [-0.3, -0.25) is 4.79 Å². The zero-order chi connectivity index (χ0) is 12.3. The second kappa shape index (κ2) is 5.69. The van der Waals surface area contributed by atoms with Crippen LogP contribution < -0.4 is 0 Å². The average molecular weight is 354 g/mol. The number of aryl methyl sites for hydroxylation is 1. The molecule has 0 saturated carbocycles. The maximum Gasteiger partial charge on any atom is 0.225 e. The van der Waals surface area contributed by atoms with Crippen molar-refractivity contribution in [1.82, 2.24) is 0 Å². The first-order valence-corrected chi connectivity index (χ1v) is 7.10. The molecular formula is C14H11IOS. The Morgan fingerprint density at radius 2 is 1.71 bits per heavy atom. The van der Waals surface area contributed by atoms with Crippen molar-refractivity contribution in [3.8, 4) is 0 Å². The van der Waals surface area contributed by atoms with Gasteiger partial charge in [0.15, 0.2) is 0 Å². The topological polar surface area (TPSA) is 17.1 Å². The van der Waals surface area contributed by atoms with Crippen molar-refractivity contribution >= 4 is 39.5 Å². The smallest absolute Gasteiger partial charge is 0.225 e. The van der Waals surface area contributed by atoms with Gasteiger partial charge in [-0.2, -0.15) is 0 Å². The van der Waals surface area contributed by atoms with E-state index in [-0.39, 0.29) is 5.12 Å². The number of rotatable bonds is 2. The molecule has 0 unspecified atom stereocenters. The molecule has 0 aromatic heterocycles. The fourth-order valence-electron chi connectivity index (χ4n) is 1.40. The molecule has 0 atom stereocenters. The molecule has 0 amide bonds. The Hall–Kier alpha value is -0.810. The van der Waals surface area contributed by atoms with Crippen LogP contribution in [0.25, 0.3) is 0 Å². The summed E-state index contributed by atoms with van der Waals surface area (Å²) in [5.41, 5.74) is 1.98. The minimum atomic E-state index is 0.0962. The first kappa shape index (κ1) is 12.6. The van der Waals surface area contributed by atoms with E-state index in [4.69, 9.17) is 0 Å². The van der Waals surface area contributed by atoms with Gasteiger partial charge in [-0.25, -0.2) is 0 Å². The molecule has 0 aliphatic carbocycles. The highest BCUT2D eigenvalue weighted by atomic mass is 127. The Bertz CT molecular complexity index is 534. The van der Waals surface area contributed by atoms with Gasteiger partial charge in [0.1, 0.15) is 0 Å². The van der Waals surface area contributed by atoms with Gasteiger partial charge in [0.05, 0.1) is 0 Å². The molecule has 0 aliphatic heterocycles. The Labute approximate surface area is 119 Å². The molecule has 0 bridgehead atoms. The lowest BCUT2D eigenvalue weighted by Crippen LogP contribution is -1.96. The molecule has 0 aliphatic rings. The number of benzene rings is 2. The number of halogens is 1. The minimum Gasteiger partial charge on any atom is -0.281 e. The summed E-state index contributed by atoms with van der Waals surface area (Å²) >= 11 is 3.47. The maximum absolute atomic E-state index is 12.1. The van der Waals surface area contributed by atoms with E-state index in [0.29, 0.717) is 0 Å². The molecule has 2 aromatic carbocycles. The fourth-order valence-corrected chi connectivity index (χ4v) is 2.98. The van der Waals surface area contributed by atoms with E-state index < -0.39 is 0 Å². The zero-order valence-electron chi connectivity index (χ0n) is 9.31.